The third kappa shape index (κ3) is 4.70. The number of nitrogens with one attached hydrogen (secondary N) is 1. The van der Waals surface area contributed by atoms with Gasteiger partial charge in [-0.15, -0.1) is 0 Å². The van der Waals surface area contributed by atoms with Crippen molar-refractivity contribution in [2.24, 2.45) is 0 Å². The Kier molecular flexibility index (Phi) is 5.49. The van der Waals surface area contributed by atoms with Gasteiger partial charge in [-0.25, -0.2) is 4.79 Å². The summed E-state index contributed by atoms with van der Waals surface area (Å²) >= 11 is 0. The summed E-state index contributed by atoms with van der Waals surface area (Å²) < 4.78 is 0. The van der Waals surface area contributed by atoms with Crippen LogP contribution in [-0.2, 0) is 17.9 Å². The Morgan fingerprint density at radius 2 is 1.81 bits per heavy atom. The van der Waals surface area contributed by atoms with Gasteiger partial charge in [-0.05, 0) is 30.5 Å². The van der Waals surface area contributed by atoms with E-state index in [-0.39, 0.29) is 6.04 Å². The molecule has 2 aromatic carbocycles. The van der Waals surface area contributed by atoms with E-state index in [4.69, 9.17) is 9.94 Å². The summed E-state index contributed by atoms with van der Waals surface area (Å²) in [5.41, 5.74) is 5.18. The summed E-state index contributed by atoms with van der Waals surface area (Å²) in [5, 5.41) is 9.15. The SMILES string of the molecule is CC(Cc1ccccc1C(=O)O)NOCc1ccccc1. The Morgan fingerprint density at radius 3 is 2.52 bits per heavy atom. The maximum absolute atomic E-state index is 11.2. The van der Waals surface area contributed by atoms with Crippen molar-refractivity contribution < 1.29 is 14.7 Å². The molecule has 0 saturated carbocycles. The normalized spacial score (nSPS) is 12.0. The lowest BCUT2D eigenvalue weighted by molar-refractivity contribution is 0.00756. The lowest BCUT2D eigenvalue weighted by Gasteiger charge is -2.15. The van der Waals surface area contributed by atoms with E-state index < -0.39 is 5.97 Å². The minimum absolute atomic E-state index is 0.0224. The molecule has 0 amide bonds. The van der Waals surface area contributed by atoms with Gasteiger partial charge in [0.1, 0.15) is 0 Å². The monoisotopic (exact) mass is 285 g/mol. The number of rotatable bonds is 7. The molecule has 1 atom stereocenters. The molecule has 0 aliphatic heterocycles. The molecule has 0 bridgehead atoms. The summed E-state index contributed by atoms with van der Waals surface area (Å²) in [7, 11) is 0. The van der Waals surface area contributed by atoms with E-state index in [1.807, 2.05) is 49.4 Å². The molecule has 21 heavy (non-hydrogen) atoms. The van der Waals surface area contributed by atoms with E-state index in [2.05, 4.69) is 5.48 Å². The topological polar surface area (TPSA) is 58.6 Å². The number of benzene rings is 2. The van der Waals surface area contributed by atoms with Crippen LogP contribution in [0, 0.1) is 0 Å². The fourth-order valence-corrected chi connectivity index (χ4v) is 2.12. The van der Waals surface area contributed by atoms with E-state index in [1.54, 1.807) is 12.1 Å². The predicted molar refractivity (Wildman–Crippen MR) is 80.9 cm³/mol. The van der Waals surface area contributed by atoms with Gasteiger partial charge in [0.25, 0.3) is 0 Å². The van der Waals surface area contributed by atoms with Gasteiger partial charge in [0, 0.05) is 6.04 Å². The van der Waals surface area contributed by atoms with Gasteiger partial charge < -0.3 is 5.11 Å². The van der Waals surface area contributed by atoms with E-state index in [9.17, 15) is 4.79 Å². The van der Waals surface area contributed by atoms with Gasteiger partial charge in [-0.3, -0.25) is 4.84 Å². The molecule has 4 heteroatoms. The Hall–Kier alpha value is -2.17. The van der Waals surface area contributed by atoms with Gasteiger partial charge in [0.2, 0.25) is 0 Å². The molecule has 110 valence electrons. The first kappa shape index (κ1) is 15.2. The first-order chi connectivity index (χ1) is 10.2. The number of hydrogen-bond donors (Lipinski definition) is 2. The average molecular weight is 285 g/mol. The van der Waals surface area contributed by atoms with Crippen molar-refractivity contribution in [2.45, 2.75) is 26.0 Å². The highest BCUT2D eigenvalue weighted by Crippen LogP contribution is 2.11. The van der Waals surface area contributed by atoms with Crippen LogP contribution in [0.1, 0.15) is 28.4 Å². The van der Waals surface area contributed by atoms with Gasteiger partial charge >= 0.3 is 5.97 Å². The second-order valence-electron chi connectivity index (χ2n) is 4.96. The average Bonchev–Trinajstić information content (AvgIpc) is 2.48. The highest BCUT2D eigenvalue weighted by atomic mass is 16.6. The molecule has 0 aromatic heterocycles. The predicted octanol–water partition coefficient (Wildman–Crippen LogP) is 3.04. The number of carboxylic acid groups (broad SMARTS) is 1. The second kappa shape index (κ2) is 7.57. The molecule has 0 fully saturated rings. The van der Waals surface area contributed by atoms with E-state index in [1.165, 1.54) is 0 Å². The molecule has 2 N–H and O–H groups in total. The van der Waals surface area contributed by atoms with Crippen LogP contribution in [0.2, 0.25) is 0 Å². The zero-order valence-corrected chi connectivity index (χ0v) is 12.0. The Balaban J connectivity index is 1.85. The molecular weight excluding hydrogens is 266 g/mol. The second-order valence-corrected chi connectivity index (χ2v) is 4.96. The Morgan fingerprint density at radius 1 is 1.14 bits per heavy atom. The molecule has 0 heterocycles. The third-order valence-electron chi connectivity index (χ3n) is 3.14. The maximum Gasteiger partial charge on any atom is 0.335 e. The number of hydrogen-bond acceptors (Lipinski definition) is 3. The summed E-state index contributed by atoms with van der Waals surface area (Å²) in [5.74, 6) is -0.900. The molecule has 0 radical (unpaired) electrons. The zero-order chi connectivity index (χ0) is 15.1. The fourth-order valence-electron chi connectivity index (χ4n) is 2.12. The minimum Gasteiger partial charge on any atom is -0.478 e. The Labute approximate surface area is 124 Å². The molecule has 0 spiro atoms. The largest absolute Gasteiger partial charge is 0.478 e. The van der Waals surface area contributed by atoms with Crippen LogP contribution in [0.3, 0.4) is 0 Å². The van der Waals surface area contributed by atoms with Crippen molar-refractivity contribution in [2.75, 3.05) is 0 Å². The maximum atomic E-state index is 11.2. The number of aromatic carboxylic acids is 1. The summed E-state index contributed by atoms with van der Waals surface area (Å²) in [6.45, 7) is 2.44. The minimum atomic E-state index is -0.900. The molecule has 2 rings (SSSR count). The van der Waals surface area contributed by atoms with Gasteiger partial charge in [-0.1, -0.05) is 48.5 Å². The van der Waals surface area contributed by atoms with Crippen molar-refractivity contribution in [1.29, 1.82) is 0 Å². The zero-order valence-electron chi connectivity index (χ0n) is 12.0. The number of hydroxylamine groups is 1. The Bertz CT molecular complexity index is 584. The van der Waals surface area contributed by atoms with E-state index >= 15 is 0 Å². The standard InChI is InChI=1S/C17H19NO3/c1-13(18-21-12-14-7-3-2-4-8-14)11-15-9-5-6-10-16(15)17(19)20/h2-10,13,18H,11-12H2,1H3,(H,19,20). The van der Waals surface area contributed by atoms with E-state index in [0.717, 1.165) is 11.1 Å². The van der Waals surface area contributed by atoms with Crippen LogP contribution < -0.4 is 5.48 Å². The van der Waals surface area contributed by atoms with Crippen molar-refractivity contribution in [3.05, 3.63) is 71.3 Å². The van der Waals surface area contributed by atoms with Crippen LogP contribution >= 0.6 is 0 Å². The van der Waals surface area contributed by atoms with Crippen molar-refractivity contribution in [1.82, 2.24) is 5.48 Å². The molecule has 2 aromatic rings. The van der Waals surface area contributed by atoms with Gasteiger partial charge in [0.15, 0.2) is 0 Å². The van der Waals surface area contributed by atoms with Crippen molar-refractivity contribution >= 4 is 5.97 Å². The summed E-state index contributed by atoms with van der Waals surface area (Å²) in [6.07, 6.45) is 0.595. The van der Waals surface area contributed by atoms with Crippen molar-refractivity contribution in [3.63, 3.8) is 0 Å². The molecular formula is C17H19NO3. The third-order valence-corrected chi connectivity index (χ3v) is 3.14. The molecule has 0 aliphatic rings. The van der Waals surface area contributed by atoms with Crippen LogP contribution in [-0.4, -0.2) is 17.1 Å². The van der Waals surface area contributed by atoms with Gasteiger partial charge in [0.05, 0.1) is 12.2 Å². The first-order valence-electron chi connectivity index (χ1n) is 6.89. The van der Waals surface area contributed by atoms with Crippen LogP contribution in [0.4, 0.5) is 0 Å². The highest BCUT2D eigenvalue weighted by Gasteiger charge is 2.11. The van der Waals surface area contributed by atoms with E-state index in [0.29, 0.717) is 18.6 Å². The first-order valence-corrected chi connectivity index (χ1v) is 6.89. The fraction of sp³-hybridized carbons (Fsp3) is 0.235. The van der Waals surface area contributed by atoms with Crippen LogP contribution in [0.15, 0.2) is 54.6 Å². The summed E-state index contributed by atoms with van der Waals surface area (Å²) in [4.78, 5) is 16.6. The van der Waals surface area contributed by atoms with Crippen LogP contribution in [0.5, 0.6) is 0 Å². The molecule has 0 aliphatic carbocycles. The molecule has 0 saturated heterocycles. The number of carbonyl (C=O) groups is 1. The smallest absolute Gasteiger partial charge is 0.335 e. The lowest BCUT2D eigenvalue weighted by Crippen LogP contribution is -2.28. The summed E-state index contributed by atoms with van der Waals surface area (Å²) in [6, 6.07) is 16.9. The lowest BCUT2D eigenvalue weighted by atomic mass is 10.0. The number of carboxylic acids is 1. The molecule has 4 nitrogen and oxygen atoms in total. The van der Waals surface area contributed by atoms with Crippen molar-refractivity contribution in [3.8, 4) is 0 Å². The highest BCUT2D eigenvalue weighted by molar-refractivity contribution is 5.89. The van der Waals surface area contributed by atoms with Gasteiger partial charge in [-0.2, -0.15) is 5.48 Å². The molecule has 1 unspecified atom stereocenters. The quantitative estimate of drug-likeness (QED) is 0.768. The van der Waals surface area contributed by atoms with Crippen LogP contribution in [0.25, 0.3) is 0 Å².